The molecule has 2 aromatic rings. The van der Waals surface area contributed by atoms with E-state index in [4.69, 9.17) is 14.6 Å². The Labute approximate surface area is 123 Å². The highest BCUT2D eigenvalue weighted by molar-refractivity contribution is 5.88. The van der Waals surface area contributed by atoms with Crippen LogP contribution in [0.2, 0.25) is 0 Å². The van der Waals surface area contributed by atoms with Crippen molar-refractivity contribution in [3.05, 3.63) is 53.9 Å². The summed E-state index contributed by atoms with van der Waals surface area (Å²) in [5.74, 6) is -0.166. The Morgan fingerprint density at radius 1 is 1.19 bits per heavy atom. The Hall–Kier alpha value is -2.56. The van der Waals surface area contributed by atoms with Crippen LogP contribution in [-0.4, -0.2) is 23.2 Å². The van der Waals surface area contributed by atoms with Crippen LogP contribution in [0.15, 0.2) is 42.6 Å². The Morgan fingerprint density at radius 3 is 2.52 bits per heavy atom. The number of nitrogens with zero attached hydrogens (tertiary/aromatic N) is 1. The number of carbonyl (C=O) groups is 1. The molecular formula is C16H17NO4. The van der Waals surface area contributed by atoms with Crippen molar-refractivity contribution in [3.63, 3.8) is 0 Å². The van der Waals surface area contributed by atoms with Gasteiger partial charge in [0, 0.05) is 6.20 Å². The van der Waals surface area contributed by atoms with Gasteiger partial charge < -0.3 is 14.6 Å². The molecule has 1 aromatic carbocycles. The fraction of sp³-hybridized carbons (Fsp3) is 0.250. The van der Waals surface area contributed by atoms with E-state index in [1.165, 1.54) is 19.2 Å². The van der Waals surface area contributed by atoms with Crippen molar-refractivity contribution in [2.75, 3.05) is 7.11 Å². The van der Waals surface area contributed by atoms with Crippen LogP contribution in [-0.2, 0) is 5.60 Å². The topological polar surface area (TPSA) is 68.7 Å². The molecule has 0 atom stereocenters. The average Bonchev–Trinajstić information content (AvgIpc) is 2.48. The number of hydrogen-bond acceptors (Lipinski definition) is 4. The standard InChI is InChI=1S/C16H17NO4/c1-16(2,14-6-4-5-9-17-14)21-12-8-7-11(15(18)19)10-13(12)20-3/h4-10H,1-3H3,(H,18,19). The fourth-order valence-electron chi connectivity index (χ4n) is 1.93. The van der Waals surface area contributed by atoms with Crippen molar-refractivity contribution in [1.82, 2.24) is 4.98 Å². The van der Waals surface area contributed by atoms with Gasteiger partial charge in [-0.3, -0.25) is 4.98 Å². The third-order valence-corrected chi connectivity index (χ3v) is 3.06. The molecule has 0 bridgehead atoms. The zero-order chi connectivity index (χ0) is 15.5. The highest BCUT2D eigenvalue weighted by Crippen LogP contribution is 2.34. The summed E-state index contributed by atoms with van der Waals surface area (Å²) in [6.45, 7) is 3.78. The van der Waals surface area contributed by atoms with E-state index >= 15 is 0 Å². The molecular weight excluding hydrogens is 270 g/mol. The summed E-state index contributed by atoms with van der Waals surface area (Å²) in [4.78, 5) is 15.3. The molecule has 0 fully saturated rings. The van der Waals surface area contributed by atoms with Crippen LogP contribution in [0.5, 0.6) is 11.5 Å². The van der Waals surface area contributed by atoms with E-state index in [-0.39, 0.29) is 5.56 Å². The minimum atomic E-state index is -1.01. The number of aromatic carboxylic acids is 1. The Kier molecular flexibility index (Phi) is 4.12. The van der Waals surface area contributed by atoms with E-state index in [0.717, 1.165) is 5.69 Å². The lowest BCUT2D eigenvalue weighted by atomic mass is 10.0. The molecule has 21 heavy (non-hydrogen) atoms. The number of hydrogen-bond donors (Lipinski definition) is 1. The van der Waals surface area contributed by atoms with Crippen molar-refractivity contribution >= 4 is 5.97 Å². The number of ether oxygens (including phenoxy) is 2. The molecule has 0 aliphatic carbocycles. The van der Waals surface area contributed by atoms with Crippen LogP contribution >= 0.6 is 0 Å². The zero-order valence-electron chi connectivity index (χ0n) is 12.2. The smallest absolute Gasteiger partial charge is 0.335 e. The fourth-order valence-corrected chi connectivity index (χ4v) is 1.93. The number of carboxylic acids is 1. The number of pyridine rings is 1. The monoisotopic (exact) mass is 287 g/mol. The molecule has 0 saturated carbocycles. The number of methoxy groups -OCH3 is 1. The Morgan fingerprint density at radius 2 is 1.95 bits per heavy atom. The normalized spacial score (nSPS) is 11.0. The SMILES string of the molecule is COc1cc(C(=O)O)ccc1OC(C)(C)c1ccccn1. The Bertz CT molecular complexity index is 638. The summed E-state index contributed by atoms with van der Waals surface area (Å²) < 4.78 is 11.2. The number of aromatic nitrogens is 1. The molecule has 0 unspecified atom stereocenters. The van der Waals surface area contributed by atoms with Gasteiger partial charge in [0.05, 0.1) is 18.4 Å². The van der Waals surface area contributed by atoms with Gasteiger partial charge >= 0.3 is 5.97 Å². The first kappa shape index (κ1) is 14.8. The van der Waals surface area contributed by atoms with Gasteiger partial charge in [-0.1, -0.05) is 6.07 Å². The minimum absolute atomic E-state index is 0.148. The maximum absolute atomic E-state index is 11.0. The first-order valence-corrected chi connectivity index (χ1v) is 6.46. The molecule has 5 heteroatoms. The molecule has 2 rings (SSSR count). The van der Waals surface area contributed by atoms with E-state index < -0.39 is 11.6 Å². The number of carboxylic acid groups (broad SMARTS) is 1. The van der Waals surface area contributed by atoms with Crippen molar-refractivity contribution < 1.29 is 19.4 Å². The quantitative estimate of drug-likeness (QED) is 0.915. The van der Waals surface area contributed by atoms with Crippen molar-refractivity contribution in [2.45, 2.75) is 19.4 Å². The largest absolute Gasteiger partial charge is 0.493 e. The highest BCUT2D eigenvalue weighted by Gasteiger charge is 2.25. The van der Waals surface area contributed by atoms with E-state index in [0.29, 0.717) is 11.5 Å². The second-order valence-corrected chi connectivity index (χ2v) is 5.00. The third-order valence-electron chi connectivity index (χ3n) is 3.06. The lowest BCUT2D eigenvalue weighted by Crippen LogP contribution is -2.26. The summed E-state index contributed by atoms with van der Waals surface area (Å²) in [5.41, 5.74) is 0.253. The van der Waals surface area contributed by atoms with E-state index in [1.807, 2.05) is 32.0 Å². The third kappa shape index (κ3) is 3.31. The molecule has 1 aromatic heterocycles. The molecule has 110 valence electrons. The molecule has 1 heterocycles. The maximum atomic E-state index is 11.0. The van der Waals surface area contributed by atoms with Gasteiger partial charge in [-0.2, -0.15) is 0 Å². The van der Waals surface area contributed by atoms with Crippen LogP contribution < -0.4 is 9.47 Å². The summed E-state index contributed by atoms with van der Waals surface area (Å²) in [7, 11) is 1.47. The van der Waals surface area contributed by atoms with Crippen LogP contribution in [0.1, 0.15) is 29.9 Å². The molecule has 0 radical (unpaired) electrons. The van der Waals surface area contributed by atoms with Crippen LogP contribution in [0.4, 0.5) is 0 Å². The molecule has 0 aliphatic heterocycles. The van der Waals surface area contributed by atoms with Crippen LogP contribution in [0.3, 0.4) is 0 Å². The van der Waals surface area contributed by atoms with Gasteiger partial charge in [-0.15, -0.1) is 0 Å². The van der Waals surface area contributed by atoms with Crippen LogP contribution in [0, 0.1) is 0 Å². The predicted molar refractivity (Wildman–Crippen MR) is 77.8 cm³/mol. The Balaban J connectivity index is 2.33. The maximum Gasteiger partial charge on any atom is 0.335 e. The van der Waals surface area contributed by atoms with Crippen molar-refractivity contribution in [1.29, 1.82) is 0 Å². The van der Waals surface area contributed by atoms with Gasteiger partial charge in [0.2, 0.25) is 0 Å². The van der Waals surface area contributed by atoms with E-state index in [1.54, 1.807) is 12.3 Å². The molecule has 1 N–H and O–H groups in total. The predicted octanol–water partition coefficient (Wildman–Crippen LogP) is 3.10. The second kappa shape index (κ2) is 5.83. The first-order valence-electron chi connectivity index (χ1n) is 6.46. The molecule has 0 aliphatic rings. The summed E-state index contributed by atoms with van der Waals surface area (Å²) in [6, 6.07) is 10.1. The lowest BCUT2D eigenvalue weighted by molar-refractivity contribution is 0.0696. The molecule has 0 spiro atoms. The number of benzene rings is 1. The lowest BCUT2D eigenvalue weighted by Gasteiger charge is -2.26. The summed E-state index contributed by atoms with van der Waals surface area (Å²) in [5, 5.41) is 9.00. The second-order valence-electron chi connectivity index (χ2n) is 5.00. The van der Waals surface area contributed by atoms with Gasteiger partial charge in [-0.05, 0) is 44.2 Å². The zero-order valence-corrected chi connectivity index (χ0v) is 12.2. The van der Waals surface area contributed by atoms with Crippen molar-refractivity contribution in [2.24, 2.45) is 0 Å². The van der Waals surface area contributed by atoms with Crippen LogP contribution in [0.25, 0.3) is 0 Å². The summed E-state index contributed by atoms with van der Waals surface area (Å²) in [6.07, 6.45) is 1.70. The molecule has 0 saturated heterocycles. The first-order chi connectivity index (χ1) is 9.94. The van der Waals surface area contributed by atoms with Gasteiger partial charge in [0.1, 0.15) is 5.60 Å². The molecule has 0 amide bonds. The minimum Gasteiger partial charge on any atom is -0.493 e. The van der Waals surface area contributed by atoms with Gasteiger partial charge in [0.25, 0.3) is 0 Å². The summed E-state index contributed by atoms with van der Waals surface area (Å²) >= 11 is 0. The van der Waals surface area contributed by atoms with Gasteiger partial charge in [0.15, 0.2) is 11.5 Å². The molecule has 5 nitrogen and oxygen atoms in total. The van der Waals surface area contributed by atoms with E-state index in [9.17, 15) is 4.79 Å². The van der Waals surface area contributed by atoms with E-state index in [2.05, 4.69) is 4.98 Å². The highest BCUT2D eigenvalue weighted by atomic mass is 16.5. The average molecular weight is 287 g/mol. The number of rotatable bonds is 5. The van der Waals surface area contributed by atoms with Crippen molar-refractivity contribution in [3.8, 4) is 11.5 Å². The van der Waals surface area contributed by atoms with Gasteiger partial charge in [-0.25, -0.2) is 4.79 Å².